The summed E-state index contributed by atoms with van der Waals surface area (Å²) in [5.41, 5.74) is 7.62. The third-order valence-corrected chi connectivity index (χ3v) is 3.45. The number of carbonyl (C=O) groups is 1. The summed E-state index contributed by atoms with van der Waals surface area (Å²) in [4.78, 5) is 13.1. The highest BCUT2D eigenvalue weighted by atomic mass is 16.3. The van der Waals surface area contributed by atoms with Crippen molar-refractivity contribution in [2.75, 3.05) is 4.90 Å². The van der Waals surface area contributed by atoms with Gasteiger partial charge in [-0.1, -0.05) is 42.5 Å². The second-order valence-corrected chi connectivity index (χ2v) is 4.68. The summed E-state index contributed by atoms with van der Waals surface area (Å²) in [6.45, 7) is 0. The number of aliphatic hydroxyl groups is 2. The smallest absolute Gasteiger partial charge is 0.323 e. The Morgan fingerprint density at radius 1 is 1.10 bits per heavy atom. The highest BCUT2D eigenvalue weighted by molar-refractivity contribution is 5.98. The van der Waals surface area contributed by atoms with E-state index in [1.54, 1.807) is 24.3 Å². The lowest BCUT2D eigenvalue weighted by Crippen LogP contribution is -2.41. The van der Waals surface area contributed by atoms with Crippen LogP contribution in [-0.4, -0.2) is 28.5 Å². The zero-order valence-electron chi connectivity index (χ0n) is 10.6. The largest absolute Gasteiger partial charge is 0.384 e. The minimum absolute atomic E-state index is 0.300. The number of hydrogen-bond donors (Lipinski definition) is 3. The Labute approximate surface area is 115 Å². The first kappa shape index (κ1) is 12.7. The molecule has 0 saturated heterocycles. The van der Waals surface area contributed by atoms with Crippen molar-refractivity contribution in [3.8, 4) is 0 Å². The van der Waals surface area contributed by atoms with E-state index in [1.165, 1.54) is 17.1 Å². The van der Waals surface area contributed by atoms with Crippen molar-refractivity contribution in [1.29, 1.82) is 0 Å². The van der Waals surface area contributed by atoms with Crippen LogP contribution in [0.3, 0.4) is 0 Å². The average Bonchev–Trinajstić information content (AvgIpc) is 2.60. The lowest BCUT2D eigenvalue weighted by atomic mass is 9.96. The van der Waals surface area contributed by atoms with Crippen LogP contribution >= 0.6 is 0 Å². The molecule has 3 rings (SSSR count). The number of benzene rings is 1. The van der Waals surface area contributed by atoms with Gasteiger partial charge < -0.3 is 15.9 Å². The van der Waals surface area contributed by atoms with Gasteiger partial charge in [-0.25, -0.2) is 4.79 Å². The zero-order valence-corrected chi connectivity index (χ0v) is 10.6. The summed E-state index contributed by atoms with van der Waals surface area (Å²) in [7, 11) is 0. The van der Waals surface area contributed by atoms with Crippen LogP contribution in [0.2, 0.25) is 0 Å². The molecule has 2 aliphatic rings. The molecule has 0 bridgehead atoms. The predicted molar refractivity (Wildman–Crippen MR) is 75.7 cm³/mol. The van der Waals surface area contributed by atoms with Crippen LogP contribution in [-0.2, 0) is 0 Å². The van der Waals surface area contributed by atoms with Gasteiger partial charge in [0.25, 0.3) is 0 Å². The van der Waals surface area contributed by atoms with E-state index < -0.39 is 18.2 Å². The summed E-state index contributed by atoms with van der Waals surface area (Å²) in [6.07, 6.45) is 4.57. The van der Waals surface area contributed by atoms with Crippen molar-refractivity contribution >= 4 is 17.8 Å². The first-order valence-corrected chi connectivity index (χ1v) is 6.25. The van der Waals surface area contributed by atoms with Crippen molar-refractivity contribution in [3.05, 3.63) is 59.3 Å². The molecule has 5 heteroatoms. The molecule has 5 nitrogen and oxygen atoms in total. The summed E-state index contributed by atoms with van der Waals surface area (Å²) in [5, 5.41) is 20.2. The highest BCUT2D eigenvalue weighted by Crippen LogP contribution is 2.35. The Kier molecular flexibility index (Phi) is 2.93. The molecule has 0 spiro atoms. The van der Waals surface area contributed by atoms with E-state index in [4.69, 9.17) is 5.73 Å². The molecule has 1 aliphatic carbocycles. The van der Waals surface area contributed by atoms with Gasteiger partial charge in [0, 0.05) is 5.57 Å². The lowest BCUT2D eigenvalue weighted by molar-refractivity contribution is 0.218. The first-order chi connectivity index (χ1) is 9.59. The van der Waals surface area contributed by atoms with Crippen LogP contribution in [0.15, 0.2) is 53.8 Å². The van der Waals surface area contributed by atoms with Crippen LogP contribution in [0.25, 0.3) is 6.08 Å². The number of aliphatic hydroxyl groups excluding tert-OH is 2. The van der Waals surface area contributed by atoms with Gasteiger partial charge in [0.2, 0.25) is 0 Å². The third kappa shape index (κ3) is 1.84. The molecule has 0 saturated carbocycles. The molecule has 2 atom stereocenters. The number of nitrogens with zero attached hydrogens (tertiary/aromatic N) is 1. The van der Waals surface area contributed by atoms with Gasteiger partial charge in [0.1, 0.15) is 6.10 Å². The van der Waals surface area contributed by atoms with E-state index in [-0.39, 0.29) is 0 Å². The highest BCUT2D eigenvalue weighted by Gasteiger charge is 2.32. The number of para-hydroxylation sites is 1. The number of amides is 2. The fraction of sp³-hybridized carbons (Fsp3) is 0.133. The van der Waals surface area contributed by atoms with Crippen LogP contribution in [0.5, 0.6) is 0 Å². The standard InChI is InChI=1S/C15H14N2O3/c16-15(20)17-11-4-2-1-3-9(11)5-6-10-12(18)7-8-13(19)14(10)17/h1-8,12-13,18-19H,(H2,16,20). The Hall–Kier alpha value is -2.37. The minimum atomic E-state index is -0.989. The molecule has 1 heterocycles. The topological polar surface area (TPSA) is 86.8 Å². The molecular formula is C15H14N2O3. The fourth-order valence-corrected chi connectivity index (χ4v) is 2.55. The second kappa shape index (κ2) is 4.63. The number of fused-ring (bicyclic) bond motifs is 1. The predicted octanol–water partition coefficient (Wildman–Crippen LogP) is 1.14. The summed E-state index contributed by atoms with van der Waals surface area (Å²) in [6, 6.07) is 6.52. The van der Waals surface area contributed by atoms with Crippen molar-refractivity contribution in [3.63, 3.8) is 0 Å². The van der Waals surface area contributed by atoms with Gasteiger partial charge in [-0.2, -0.15) is 0 Å². The molecule has 1 aromatic carbocycles. The van der Waals surface area contributed by atoms with Crippen molar-refractivity contribution < 1.29 is 15.0 Å². The van der Waals surface area contributed by atoms with Gasteiger partial charge >= 0.3 is 6.03 Å². The molecule has 0 aromatic heterocycles. The maximum absolute atomic E-state index is 11.8. The number of anilines is 1. The molecular weight excluding hydrogens is 256 g/mol. The van der Waals surface area contributed by atoms with E-state index in [0.717, 1.165) is 5.56 Å². The average molecular weight is 270 g/mol. The van der Waals surface area contributed by atoms with Crippen molar-refractivity contribution in [1.82, 2.24) is 0 Å². The van der Waals surface area contributed by atoms with Gasteiger partial charge in [0.15, 0.2) is 0 Å². The molecule has 2 amide bonds. The van der Waals surface area contributed by atoms with Crippen LogP contribution in [0.1, 0.15) is 5.56 Å². The van der Waals surface area contributed by atoms with E-state index in [2.05, 4.69) is 0 Å². The molecule has 1 aliphatic heterocycles. The molecule has 2 unspecified atom stereocenters. The van der Waals surface area contributed by atoms with E-state index in [0.29, 0.717) is 17.0 Å². The van der Waals surface area contributed by atoms with Gasteiger partial charge in [-0.15, -0.1) is 0 Å². The van der Waals surface area contributed by atoms with Gasteiger partial charge in [0.05, 0.1) is 17.5 Å². The summed E-state index contributed by atoms with van der Waals surface area (Å²) >= 11 is 0. The molecule has 0 fully saturated rings. The van der Waals surface area contributed by atoms with Crippen molar-refractivity contribution in [2.24, 2.45) is 5.73 Å². The number of hydrogen-bond acceptors (Lipinski definition) is 3. The van der Waals surface area contributed by atoms with Gasteiger partial charge in [-0.3, -0.25) is 4.90 Å². The molecule has 20 heavy (non-hydrogen) atoms. The molecule has 0 radical (unpaired) electrons. The number of urea groups is 1. The Balaban J connectivity index is 2.25. The number of primary amides is 1. The monoisotopic (exact) mass is 270 g/mol. The number of nitrogens with two attached hydrogens (primary N) is 1. The summed E-state index contributed by atoms with van der Waals surface area (Å²) < 4.78 is 0. The number of rotatable bonds is 0. The first-order valence-electron chi connectivity index (χ1n) is 6.25. The maximum atomic E-state index is 11.8. The van der Waals surface area contributed by atoms with Gasteiger partial charge in [-0.05, 0) is 11.6 Å². The minimum Gasteiger partial charge on any atom is -0.384 e. The zero-order chi connectivity index (χ0) is 14.3. The Morgan fingerprint density at radius 3 is 2.55 bits per heavy atom. The van der Waals surface area contributed by atoms with Crippen LogP contribution in [0.4, 0.5) is 10.5 Å². The number of carbonyl (C=O) groups excluding carboxylic acids is 1. The van der Waals surface area contributed by atoms with E-state index >= 15 is 0 Å². The van der Waals surface area contributed by atoms with E-state index in [9.17, 15) is 15.0 Å². The molecule has 4 N–H and O–H groups in total. The Morgan fingerprint density at radius 2 is 1.80 bits per heavy atom. The van der Waals surface area contributed by atoms with Crippen LogP contribution in [0, 0.1) is 0 Å². The van der Waals surface area contributed by atoms with Crippen molar-refractivity contribution in [2.45, 2.75) is 12.2 Å². The molecule has 1 aromatic rings. The Bertz CT molecular complexity index is 661. The van der Waals surface area contributed by atoms with E-state index in [1.807, 2.05) is 12.1 Å². The summed E-state index contributed by atoms with van der Waals surface area (Å²) in [5.74, 6) is 0. The maximum Gasteiger partial charge on any atom is 0.323 e. The second-order valence-electron chi connectivity index (χ2n) is 4.68. The quantitative estimate of drug-likeness (QED) is 0.618. The third-order valence-electron chi connectivity index (χ3n) is 3.45. The fourth-order valence-electron chi connectivity index (χ4n) is 2.55. The lowest BCUT2D eigenvalue weighted by Gasteiger charge is -2.30. The van der Waals surface area contributed by atoms with Crippen LogP contribution < -0.4 is 10.6 Å². The normalized spacial score (nSPS) is 24.2. The SMILES string of the molecule is NC(=O)N1C2=C(C=Cc3ccccc31)C(O)C=CC2O. The molecule has 102 valence electrons.